The van der Waals surface area contributed by atoms with Crippen LogP contribution in [0.4, 0.5) is 9.18 Å². The number of hydrogen-bond donors (Lipinski definition) is 0. The van der Waals surface area contributed by atoms with Crippen LogP contribution >= 0.6 is 0 Å². The van der Waals surface area contributed by atoms with E-state index < -0.39 is 5.60 Å². The molecule has 1 amide bonds. The molecule has 0 fully saturated rings. The standard InChI is InChI=1S/C16H20FN3O2/c1-16(2,3)22-15(21)20-6-5-11-12-7-10(17)8-18-14(12)19(4)13(11)9-20/h7-8H,5-6,9H2,1-4H3. The summed E-state index contributed by atoms with van der Waals surface area (Å²) in [5.74, 6) is -0.338. The Bertz CT molecular complexity index is 746. The molecule has 0 bridgehead atoms. The SMILES string of the molecule is Cn1c2c(c3cc(F)cnc31)CCN(C(=O)OC(C)(C)C)C2. The number of carbonyl (C=O) groups excluding carboxylic acids is 1. The third-order valence-corrected chi connectivity index (χ3v) is 3.85. The van der Waals surface area contributed by atoms with E-state index >= 15 is 0 Å². The van der Waals surface area contributed by atoms with Crippen molar-refractivity contribution in [2.24, 2.45) is 7.05 Å². The van der Waals surface area contributed by atoms with Crippen molar-refractivity contribution >= 4 is 17.1 Å². The van der Waals surface area contributed by atoms with Gasteiger partial charge in [0.1, 0.15) is 17.1 Å². The van der Waals surface area contributed by atoms with Crippen molar-refractivity contribution in [2.75, 3.05) is 6.54 Å². The molecule has 0 saturated carbocycles. The quantitative estimate of drug-likeness (QED) is 0.751. The second-order valence-corrected chi connectivity index (χ2v) is 6.66. The van der Waals surface area contributed by atoms with Gasteiger partial charge in [0.25, 0.3) is 0 Å². The molecular formula is C16H20FN3O2. The lowest BCUT2D eigenvalue weighted by Crippen LogP contribution is -2.40. The number of nitrogens with zero attached hydrogens (tertiary/aromatic N) is 3. The Morgan fingerprint density at radius 2 is 2.14 bits per heavy atom. The molecule has 118 valence electrons. The molecule has 3 rings (SSSR count). The average Bonchev–Trinajstić information content (AvgIpc) is 2.70. The minimum atomic E-state index is -0.513. The molecule has 0 aromatic carbocycles. The monoisotopic (exact) mass is 305 g/mol. The summed E-state index contributed by atoms with van der Waals surface area (Å²) in [6, 6.07) is 1.52. The lowest BCUT2D eigenvalue weighted by molar-refractivity contribution is 0.0220. The summed E-state index contributed by atoms with van der Waals surface area (Å²) < 4.78 is 20.8. The van der Waals surface area contributed by atoms with Crippen molar-refractivity contribution in [1.82, 2.24) is 14.5 Å². The zero-order valence-electron chi connectivity index (χ0n) is 13.3. The van der Waals surface area contributed by atoms with Gasteiger partial charge in [0.15, 0.2) is 0 Å². The van der Waals surface area contributed by atoms with E-state index in [1.54, 1.807) is 4.90 Å². The summed E-state index contributed by atoms with van der Waals surface area (Å²) in [6.45, 7) is 6.58. The van der Waals surface area contributed by atoms with Crippen LogP contribution in [0.25, 0.3) is 11.0 Å². The van der Waals surface area contributed by atoms with Crippen LogP contribution in [0.2, 0.25) is 0 Å². The molecule has 0 atom stereocenters. The second-order valence-electron chi connectivity index (χ2n) is 6.66. The third-order valence-electron chi connectivity index (χ3n) is 3.85. The van der Waals surface area contributed by atoms with Crippen molar-refractivity contribution in [3.63, 3.8) is 0 Å². The van der Waals surface area contributed by atoms with Crippen LogP contribution in [-0.4, -0.2) is 32.7 Å². The van der Waals surface area contributed by atoms with Crippen molar-refractivity contribution in [1.29, 1.82) is 0 Å². The minimum absolute atomic E-state index is 0.317. The highest BCUT2D eigenvalue weighted by molar-refractivity contribution is 5.83. The predicted octanol–water partition coefficient (Wildman–Crippen LogP) is 3.01. The summed E-state index contributed by atoms with van der Waals surface area (Å²) in [5, 5.41) is 0.835. The van der Waals surface area contributed by atoms with Crippen LogP contribution in [0.1, 0.15) is 32.0 Å². The maximum atomic E-state index is 13.5. The predicted molar refractivity (Wildman–Crippen MR) is 81.0 cm³/mol. The molecule has 0 spiro atoms. The van der Waals surface area contributed by atoms with Gasteiger partial charge in [-0.2, -0.15) is 0 Å². The first-order chi connectivity index (χ1) is 10.3. The molecule has 0 aliphatic carbocycles. The highest BCUT2D eigenvalue weighted by Gasteiger charge is 2.29. The molecule has 6 heteroatoms. The van der Waals surface area contributed by atoms with Gasteiger partial charge < -0.3 is 14.2 Å². The number of amides is 1. The Balaban J connectivity index is 1.93. The molecule has 0 radical (unpaired) electrons. The van der Waals surface area contributed by atoms with E-state index in [1.165, 1.54) is 12.3 Å². The molecule has 3 heterocycles. The normalized spacial score (nSPS) is 15.0. The van der Waals surface area contributed by atoms with Crippen LogP contribution in [0.15, 0.2) is 12.3 Å². The molecule has 2 aromatic heterocycles. The Morgan fingerprint density at radius 3 is 2.82 bits per heavy atom. The van der Waals surface area contributed by atoms with Crippen LogP contribution in [0.5, 0.6) is 0 Å². The number of fused-ring (bicyclic) bond motifs is 3. The highest BCUT2D eigenvalue weighted by atomic mass is 19.1. The van der Waals surface area contributed by atoms with Gasteiger partial charge in [-0.15, -0.1) is 0 Å². The van der Waals surface area contributed by atoms with Gasteiger partial charge in [-0.3, -0.25) is 0 Å². The van der Waals surface area contributed by atoms with Crippen molar-refractivity contribution < 1.29 is 13.9 Å². The van der Waals surface area contributed by atoms with Crippen LogP contribution in [-0.2, 0) is 24.8 Å². The fourth-order valence-electron chi connectivity index (χ4n) is 2.88. The maximum absolute atomic E-state index is 13.5. The summed E-state index contributed by atoms with van der Waals surface area (Å²) in [6.07, 6.45) is 1.58. The van der Waals surface area contributed by atoms with Gasteiger partial charge >= 0.3 is 6.09 Å². The summed E-state index contributed by atoms with van der Waals surface area (Å²) in [5.41, 5.74) is 2.30. The molecule has 22 heavy (non-hydrogen) atoms. The number of pyridine rings is 1. The van der Waals surface area contributed by atoms with E-state index in [0.29, 0.717) is 19.5 Å². The van der Waals surface area contributed by atoms with E-state index in [4.69, 9.17) is 4.74 Å². The number of aryl methyl sites for hydroxylation is 1. The van der Waals surface area contributed by atoms with E-state index in [1.807, 2.05) is 32.4 Å². The zero-order chi connectivity index (χ0) is 16.1. The van der Waals surface area contributed by atoms with Gasteiger partial charge in [0.05, 0.1) is 12.7 Å². The number of rotatable bonds is 0. The molecule has 2 aromatic rings. The second kappa shape index (κ2) is 4.97. The van der Waals surface area contributed by atoms with E-state index in [-0.39, 0.29) is 11.9 Å². The van der Waals surface area contributed by atoms with Gasteiger partial charge in [-0.25, -0.2) is 14.2 Å². The molecule has 5 nitrogen and oxygen atoms in total. The first kappa shape index (κ1) is 14.8. The highest BCUT2D eigenvalue weighted by Crippen LogP contribution is 2.29. The number of hydrogen-bond acceptors (Lipinski definition) is 3. The number of ether oxygens (including phenoxy) is 1. The molecule has 1 aliphatic heterocycles. The number of aromatic nitrogens is 2. The summed E-state index contributed by atoms with van der Waals surface area (Å²) >= 11 is 0. The summed E-state index contributed by atoms with van der Waals surface area (Å²) in [7, 11) is 1.89. The van der Waals surface area contributed by atoms with Crippen LogP contribution in [0.3, 0.4) is 0 Å². The first-order valence-electron chi connectivity index (χ1n) is 7.36. The molecule has 0 unspecified atom stereocenters. The van der Waals surface area contributed by atoms with Crippen LogP contribution in [0, 0.1) is 5.82 Å². The summed E-state index contributed by atoms with van der Waals surface area (Å²) in [4.78, 5) is 18.1. The van der Waals surface area contributed by atoms with Crippen molar-refractivity contribution in [3.8, 4) is 0 Å². The van der Waals surface area contributed by atoms with Gasteiger partial charge in [-0.05, 0) is 38.8 Å². The number of halogens is 1. The van der Waals surface area contributed by atoms with Gasteiger partial charge in [0.2, 0.25) is 0 Å². The van der Waals surface area contributed by atoms with Crippen molar-refractivity contribution in [3.05, 3.63) is 29.3 Å². The Labute approximate surface area is 128 Å². The first-order valence-corrected chi connectivity index (χ1v) is 7.36. The largest absolute Gasteiger partial charge is 0.444 e. The fourth-order valence-corrected chi connectivity index (χ4v) is 2.88. The smallest absolute Gasteiger partial charge is 0.410 e. The zero-order valence-corrected chi connectivity index (χ0v) is 13.3. The Morgan fingerprint density at radius 1 is 1.41 bits per heavy atom. The van der Waals surface area contributed by atoms with Crippen LogP contribution < -0.4 is 0 Å². The molecule has 0 N–H and O–H groups in total. The Hall–Kier alpha value is -2.11. The fraction of sp³-hybridized carbons (Fsp3) is 0.500. The average molecular weight is 305 g/mol. The van der Waals surface area contributed by atoms with E-state index in [2.05, 4.69) is 4.98 Å². The topological polar surface area (TPSA) is 47.4 Å². The van der Waals surface area contributed by atoms with E-state index in [9.17, 15) is 9.18 Å². The Kier molecular flexibility index (Phi) is 3.34. The third kappa shape index (κ3) is 2.53. The van der Waals surface area contributed by atoms with Gasteiger partial charge in [0, 0.05) is 24.7 Å². The number of carbonyl (C=O) groups is 1. The molecule has 0 saturated heterocycles. The lowest BCUT2D eigenvalue weighted by atomic mass is 10.0. The minimum Gasteiger partial charge on any atom is -0.444 e. The maximum Gasteiger partial charge on any atom is 0.410 e. The van der Waals surface area contributed by atoms with Gasteiger partial charge in [-0.1, -0.05) is 0 Å². The molecular weight excluding hydrogens is 285 g/mol. The van der Waals surface area contributed by atoms with Crippen molar-refractivity contribution in [2.45, 2.75) is 39.3 Å². The molecule has 1 aliphatic rings. The van der Waals surface area contributed by atoms with E-state index in [0.717, 1.165) is 22.3 Å². The lowest BCUT2D eigenvalue weighted by Gasteiger charge is -2.30.